The summed E-state index contributed by atoms with van der Waals surface area (Å²) in [6.45, 7) is 0. The SMILES string of the molecule is O=C(O)c1cnn2c(C3CC3)c(CCCC(F)(F)F)ccc12. The summed E-state index contributed by atoms with van der Waals surface area (Å²) in [4.78, 5) is 11.2. The van der Waals surface area contributed by atoms with Crippen LogP contribution in [0.15, 0.2) is 18.3 Å². The predicted molar refractivity (Wildman–Crippen MR) is 73.1 cm³/mol. The van der Waals surface area contributed by atoms with E-state index in [-0.39, 0.29) is 17.9 Å². The molecule has 1 aliphatic rings. The van der Waals surface area contributed by atoms with Gasteiger partial charge in [0.15, 0.2) is 0 Å². The molecule has 0 saturated heterocycles. The minimum absolute atomic E-state index is 0.0295. The fourth-order valence-electron chi connectivity index (χ4n) is 2.76. The van der Waals surface area contributed by atoms with E-state index in [0.717, 1.165) is 24.1 Å². The molecule has 0 spiro atoms. The Morgan fingerprint density at radius 3 is 2.68 bits per heavy atom. The Hall–Kier alpha value is -2.05. The van der Waals surface area contributed by atoms with Crippen molar-refractivity contribution in [3.8, 4) is 0 Å². The van der Waals surface area contributed by atoms with Crippen molar-refractivity contribution in [3.05, 3.63) is 35.2 Å². The predicted octanol–water partition coefficient (Wildman–Crippen LogP) is 3.79. The highest BCUT2D eigenvalue weighted by atomic mass is 19.4. The molecular formula is C15H15F3N2O2. The van der Waals surface area contributed by atoms with Crippen molar-refractivity contribution in [3.63, 3.8) is 0 Å². The molecule has 2 aromatic rings. The minimum Gasteiger partial charge on any atom is -0.478 e. The fourth-order valence-corrected chi connectivity index (χ4v) is 2.76. The van der Waals surface area contributed by atoms with Gasteiger partial charge in [-0.05, 0) is 37.3 Å². The topological polar surface area (TPSA) is 54.6 Å². The lowest BCUT2D eigenvalue weighted by molar-refractivity contribution is -0.135. The summed E-state index contributed by atoms with van der Waals surface area (Å²) >= 11 is 0. The van der Waals surface area contributed by atoms with Crippen LogP contribution in [-0.4, -0.2) is 26.9 Å². The average molecular weight is 312 g/mol. The molecule has 0 aliphatic heterocycles. The number of pyridine rings is 1. The van der Waals surface area contributed by atoms with Gasteiger partial charge in [0.25, 0.3) is 0 Å². The molecule has 0 atom stereocenters. The van der Waals surface area contributed by atoms with Crippen molar-refractivity contribution in [1.82, 2.24) is 9.61 Å². The molecule has 118 valence electrons. The van der Waals surface area contributed by atoms with Crippen molar-refractivity contribution in [2.45, 2.75) is 44.2 Å². The van der Waals surface area contributed by atoms with E-state index in [1.807, 2.05) is 0 Å². The van der Waals surface area contributed by atoms with Gasteiger partial charge < -0.3 is 5.11 Å². The third kappa shape index (κ3) is 2.93. The number of hydrogen-bond acceptors (Lipinski definition) is 2. The van der Waals surface area contributed by atoms with Gasteiger partial charge in [-0.15, -0.1) is 0 Å². The van der Waals surface area contributed by atoms with Crippen molar-refractivity contribution in [2.75, 3.05) is 0 Å². The van der Waals surface area contributed by atoms with Crippen LogP contribution in [0.4, 0.5) is 13.2 Å². The number of aryl methyl sites for hydroxylation is 1. The Labute approximate surface area is 124 Å². The number of fused-ring (bicyclic) bond motifs is 1. The molecule has 0 aromatic carbocycles. The molecule has 1 N–H and O–H groups in total. The molecule has 3 rings (SSSR count). The molecule has 0 amide bonds. The molecule has 7 heteroatoms. The van der Waals surface area contributed by atoms with Gasteiger partial charge in [0.2, 0.25) is 0 Å². The number of aromatic carboxylic acids is 1. The number of carbonyl (C=O) groups is 1. The van der Waals surface area contributed by atoms with Crippen molar-refractivity contribution >= 4 is 11.5 Å². The Morgan fingerprint density at radius 2 is 2.09 bits per heavy atom. The van der Waals surface area contributed by atoms with E-state index in [0.29, 0.717) is 11.9 Å². The van der Waals surface area contributed by atoms with Crippen LogP contribution in [0.3, 0.4) is 0 Å². The van der Waals surface area contributed by atoms with Gasteiger partial charge in [0.05, 0.1) is 11.7 Å². The zero-order chi connectivity index (χ0) is 15.9. The van der Waals surface area contributed by atoms with Crippen LogP contribution in [-0.2, 0) is 6.42 Å². The van der Waals surface area contributed by atoms with Gasteiger partial charge in [0.1, 0.15) is 5.56 Å². The Balaban J connectivity index is 1.93. The van der Waals surface area contributed by atoms with Gasteiger partial charge in [-0.3, -0.25) is 0 Å². The van der Waals surface area contributed by atoms with Crippen LogP contribution in [0.5, 0.6) is 0 Å². The summed E-state index contributed by atoms with van der Waals surface area (Å²) in [5.41, 5.74) is 2.31. The standard InChI is InChI=1S/C15H15F3N2O2/c16-15(17,18)7-1-2-9-5-6-12-11(14(21)22)8-19-20(12)13(9)10-3-4-10/h5-6,8,10H,1-4,7H2,(H,21,22). The number of rotatable bonds is 5. The maximum Gasteiger partial charge on any atom is 0.389 e. The summed E-state index contributed by atoms with van der Waals surface area (Å²) in [6.07, 6.45) is -1.38. The van der Waals surface area contributed by atoms with E-state index in [1.54, 1.807) is 16.6 Å². The highest BCUT2D eigenvalue weighted by molar-refractivity contribution is 5.95. The summed E-state index contributed by atoms with van der Waals surface area (Å²) in [6, 6.07) is 3.37. The van der Waals surface area contributed by atoms with E-state index in [9.17, 15) is 18.0 Å². The molecule has 2 heterocycles. The van der Waals surface area contributed by atoms with Gasteiger partial charge in [-0.25, -0.2) is 9.31 Å². The van der Waals surface area contributed by atoms with E-state index in [2.05, 4.69) is 5.10 Å². The number of halogens is 3. The quantitative estimate of drug-likeness (QED) is 0.913. The highest BCUT2D eigenvalue weighted by Crippen LogP contribution is 2.42. The number of carboxylic acids is 1. The molecule has 0 unspecified atom stereocenters. The summed E-state index contributed by atoms with van der Waals surface area (Å²) in [5, 5.41) is 13.3. The Morgan fingerprint density at radius 1 is 1.36 bits per heavy atom. The summed E-state index contributed by atoms with van der Waals surface area (Å²) in [7, 11) is 0. The van der Waals surface area contributed by atoms with Gasteiger partial charge in [-0.1, -0.05) is 6.07 Å². The molecule has 22 heavy (non-hydrogen) atoms. The normalized spacial score (nSPS) is 15.4. The second kappa shape index (κ2) is 5.30. The van der Waals surface area contributed by atoms with E-state index in [1.165, 1.54) is 6.20 Å². The molecule has 0 bridgehead atoms. The maximum absolute atomic E-state index is 12.3. The van der Waals surface area contributed by atoms with Crippen LogP contribution in [0, 0.1) is 0 Å². The summed E-state index contributed by atoms with van der Waals surface area (Å²) in [5.74, 6) is -0.785. The highest BCUT2D eigenvalue weighted by Gasteiger charge is 2.31. The molecule has 4 nitrogen and oxygen atoms in total. The van der Waals surface area contributed by atoms with E-state index < -0.39 is 18.6 Å². The number of aromatic nitrogens is 2. The molecule has 2 aromatic heterocycles. The van der Waals surface area contributed by atoms with E-state index >= 15 is 0 Å². The lowest BCUT2D eigenvalue weighted by atomic mass is 10.0. The van der Waals surface area contributed by atoms with Gasteiger partial charge in [0, 0.05) is 18.0 Å². The van der Waals surface area contributed by atoms with Crippen LogP contribution < -0.4 is 0 Å². The van der Waals surface area contributed by atoms with Gasteiger partial charge >= 0.3 is 12.1 Å². The largest absolute Gasteiger partial charge is 0.478 e. The minimum atomic E-state index is -4.15. The third-order valence-corrected chi connectivity index (χ3v) is 3.91. The smallest absolute Gasteiger partial charge is 0.389 e. The molecule has 0 radical (unpaired) electrons. The van der Waals surface area contributed by atoms with Crippen LogP contribution in [0.2, 0.25) is 0 Å². The Kier molecular flexibility index (Phi) is 3.58. The molecule has 1 aliphatic carbocycles. The number of hydrogen-bond donors (Lipinski definition) is 1. The number of alkyl halides is 3. The van der Waals surface area contributed by atoms with Crippen LogP contribution in [0.1, 0.15) is 53.2 Å². The van der Waals surface area contributed by atoms with E-state index in [4.69, 9.17) is 5.11 Å². The van der Waals surface area contributed by atoms with Crippen molar-refractivity contribution < 1.29 is 23.1 Å². The molecular weight excluding hydrogens is 297 g/mol. The van der Waals surface area contributed by atoms with Crippen LogP contribution >= 0.6 is 0 Å². The lowest BCUT2D eigenvalue weighted by Gasteiger charge is -2.12. The summed E-state index contributed by atoms with van der Waals surface area (Å²) < 4.78 is 38.5. The fraction of sp³-hybridized carbons (Fsp3) is 0.467. The zero-order valence-electron chi connectivity index (χ0n) is 11.7. The first kappa shape index (κ1) is 14.9. The number of nitrogens with zero attached hydrogens (tertiary/aromatic N) is 2. The number of carboxylic acid groups (broad SMARTS) is 1. The second-order valence-electron chi connectivity index (χ2n) is 5.65. The maximum atomic E-state index is 12.3. The molecule has 1 saturated carbocycles. The monoisotopic (exact) mass is 312 g/mol. The zero-order valence-corrected chi connectivity index (χ0v) is 11.7. The first-order valence-corrected chi connectivity index (χ1v) is 7.16. The lowest BCUT2D eigenvalue weighted by Crippen LogP contribution is -2.09. The third-order valence-electron chi connectivity index (χ3n) is 3.91. The molecule has 1 fully saturated rings. The first-order chi connectivity index (χ1) is 10.4. The van der Waals surface area contributed by atoms with Crippen molar-refractivity contribution in [2.24, 2.45) is 0 Å². The first-order valence-electron chi connectivity index (χ1n) is 7.16. The Bertz CT molecular complexity index is 717. The van der Waals surface area contributed by atoms with Crippen LogP contribution in [0.25, 0.3) is 5.52 Å². The van der Waals surface area contributed by atoms with Gasteiger partial charge in [-0.2, -0.15) is 18.3 Å². The average Bonchev–Trinajstić information content (AvgIpc) is 3.14. The van der Waals surface area contributed by atoms with Crippen molar-refractivity contribution in [1.29, 1.82) is 0 Å². The second-order valence-corrected chi connectivity index (χ2v) is 5.65.